The van der Waals surface area contributed by atoms with Crippen LogP contribution in [0.2, 0.25) is 0 Å². The molecular weight excluding hydrogens is 270 g/mol. The highest BCUT2D eigenvalue weighted by Gasteiger charge is 2.33. The number of carbonyl (C=O) groups excluding carboxylic acids is 1. The van der Waals surface area contributed by atoms with E-state index in [2.05, 4.69) is 18.7 Å². The second-order valence-corrected chi connectivity index (χ2v) is 5.16. The Bertz CT molecular complexity index is 473. The maximum absolute atomic E-state index is 12.2. The molecule has 1 aliphatic rings. The third kappa shape index (κ3) is 3.16. The lowest BCUT2D eigenvalue weighted by Gasteiger charge is -2.24. The topological polar surface area (TPSA) is 26.8 Å². The molecule has 0 radical (unpaired) electrons. The Morgan fingerprint density at radius 2 is 1.85 bits per heavy atom. The van der Waals surface area contributed by atoms with Gasteiger partial charge in [0.1, 0.15) is 6.54 Å². The number of thiocarbonyl (C=S) groups is 1. The van der Waals surface area contributed by atoms with Crippen LogP contribution in [0.5, 0.6) is 0 Å². The average molecular weight is 291 g/mol. The summed E-state index contributed by atoms with van der Waals surface area (Å²) >= 11 is 5.46. The van der Waals surface area contributed by atoms with Crippen molar-refractivity contribution in [2.75, 3.05) is 37.6 Å². The zero-order valence-corrected chi connectivity index (χ0v) is 12.9. The minimum Gasteiger partial charge on any atom is -0.338 e. The van der Waals surface area contributed by atoms with Gasteiger partial charge in [-0.25, -0.2) is 0 Å². The van der Waals surface area contributed by atoms with Gasteiger partial charge in [-0.3, -0.25) is 9.69 Å². The number of rotatable bonds is 6. The summed E-state index contributed by atoms with van der Waals surface area (Å²) < 4.78 is 0. The van der Waals surface area contributed by atoms with Crippen LogP contribution in [0.3, 0.4) is 0 Å². The fraction of sp³-hybridized carbons (Fsp3) is 0.467. The van der Waals surface area contributed by atoms with Crippen LogP contribution in [0.4, 0.5) is 5.69 Å². The maximum atomic E-state index is 12.2. The predicted octanol–water partition coefficient (Wildman–Crippen LogP) is 1.96. The Morgan fingerprint density at radius 1 is 1.20 bits per heavy atom. The van der Waals surface area contributed by atoms with Crippen molar-refractivity contribution in [2.45, 2.75) is 13.8 Å². The molecule has 1 aromatic rings. The molecule has 4 nitrogen and oxygen atoms in total. The molecule has 2 rings (SSSR count). The summed E-state index contributed by atoms with van der Waals surface area (Å²) in [7, 11) is 0. The van der Waals surface area contributed by atoms with E-state index in [1.165, 1.54) is 0 Å². The molecule has 0 bridgehead atoms. The molecule has 0 atom stereocenters. The van der Waals surface area contributed by atoms with Crippen LogP contribution in [0.25, 0.3) is 0 Å². The lowest BCUT2D eigenvalue weighted by molar-refractivity contribution is -0.116. The van der Waals surface area contributed by atoms with Gasteiger partial charge in [-0.15, -0.1) is 0 Å². The quantitative estimate of drug-likeness (QED) is 0.749. The van der Waals surface area contributed by atoms with Crippen LogP contribution in [-0.4, -0.2) is 53.5 Å². The molecule has 0 aliphatic carbocycles. The molecule has 1 heterocycles. The van der Waals surface area contributed by atoms with Crippen LogP contribution < -0.4 is 4.90 Å². The van der Waals surface area contributed by atoms with E-state index in [0.717, 1.165) is 31.9 Å². The molecule has 0 unspecified atom stereocenters. The van der Waals surface area contributed by atoms with Crippen molar-refractivity contribution in [2.24, 2.45) is 0 Å². The smallest absolute Gasteiger partial charge is 0.252 e. The first-order valence-electron chi connectivity index (χ1n) is 7.06. The molecule has 0 saturated carbocycles. The Hall–Kier alpha value is -1.46. The van der Waals surface area contributed by atoms with Crippen LogP contribution in [0, 0.1) is 0 Å². The highest BCUT2D eigenvalue weighted by Crippen LogP contribution is 2.20. The minimum absolute atomic E-state index is 0.0562. The molecule has 1 saturated heterocycles. The molecule has 1 aliphatic heterocycles. The van der Waals surface area contributed by atoms with Gasteiger partial charge in [0.05, 0.1) is 5.69 Å². The zero-order chi connectivity index (χ0) is 14.5. The number of hydrogen-bond donors (Lipinski definition) is 0. The van der Waals surface area contributed by atoms with Gasteiger partial charge in [0.15, 0.2) is 5.11 Å². The molecule has 1 fully saturated rings. The van der Waals surface area contributed by atoms with E-state index >= 15 is 0 Å². The van der Waals surface area contributed by atoms with Crippen LogP contribution in [0.1, 0.15) is 13.8 Å². The van der Waals surface area contributed by atoms with E-state index in [1.54, 1.807) is 4.90 Å². The van der Waals surface area contributed by atoms with Crippen molar-refractivity contribution in [3.05, 3.63) is 30.3 Å². The molecular formula is C15H21N3OS. The van der Waals surface area contributed by atoms with E-state index in [0.29, 0.717) is 11.7 Å². The standard InChI is InChI=1S/C15H21N3OS/c1-3-16(4-2)10-11-17-12-14(19)18(15(17)20)13-8-6-5-7-9-13/h5-9H,3-4,10-12H2,1-2H3. The number of amides is 1. The van der Waals surface area contributed by atoms with Crippen molar-refractivity contribution in [3.63, 3.8) is 0 Å². The second kappa shape index (κ2) is 6.81. The van der Waals surface area contributed by atoms with Crippen molar-refractivity contribution < 1.29 is 4.79 Å². The normalized spacial score (nSPS) is 15.6. The van der Waals surface area contributed by atoms with E-state index in [4.69, 9.17) is 12.2 Å². The fourth-order valence-electron chi connectivity index (χ4n) is 2.36. The summed E-state index contributed by atoms with van der Waals surface area (Å²) in [6.45, 7) is 8.45. The van der Waals surface area contributed by atoms with Crippen LogP contribution >= 0.6 is 12.2 Å². The lowest BCUT2D eigenvalue weighted by atomic mass is 10.3. The third-order valence-corrected chi connectivity index (χ3v) is 4.07. The van der Waals surface area contributed by atoms with Gasteiger partial charge in [0.2, 0.25) is 0 Å². The number of benzene rings is 1. The van der Waals surface area contributed by atoms with Gasteiger partial charge < -0.3 is 9.80 Å². The number of likely N-dealkylation sites (N-methyl/N-ethyl adjacent to an activating group) is 1. The summed E-state index contributed by atoms with van der Waals surface area (Å²) in [5.41, 5.74) is 0.854. The SMILES string of the molecule is CCN(CC)CCN1CC(=O)N(c2ccccc2)C1=S. The first kappa shape index (κ1) is 14.9. The van der Waals surface area contributed by atoms with Gasteiger partial charge >= 0.3 is 0 Å². The van der Waals surface area contributed by atoms with E-state index in [9.17, 15) is 4.79 Å². The van der Waals surface area contributed by atoms with Gasteiger partial charge in [-0.05, 0) is 37.4 Å². The maximum Gasteiger partial charge on any atom is 0.252 e. The number of nitrogens with zero attached hydrogens (tertiary/aromatic N) is 3. The van der Waals surface area contributed by atoms with E-state index in [-0.39, 0.29) is 5.91 Å². The summed E-state index contributed by atoms with van der Waals surface area (Å²) in [5, 5.41) is 0.619. The molecule has 0 spiro atoms. The molecule has 0 N–H and O–H groups in total. The molecule has 1 amide bonds. The molecule has 108 valence electrons. The molecule has 20 heavy (non-hydrogen) atoms. The summed E-state index contributed by atoms with van der Waals surface area (Å²) in [4.78, 5) is 18.1. The van der Waals surface area contributed by atoms with Crippen LogP contribution in [0.15, 0.2) is 30.3 Å². The zero-order valence-electron chi connectivity index (χ0n) is 12.1. The number of hydrogen-bond acceptors (Lipinski definition) is 3. The first-order valence-corrected chi connectivity index (χ1v) is 7.47. The van der Waals surface area contributed by atoms with Gasteiger partial charge in [0, 0.05) is 13.1 Å². The second-order valence-electron chi connectivity index (χ2n) is 4.80. The Kier molecular flexibility index (Phi) is 5.09. The summed E-state index contributed by atoms with van der Waals surface area (Å²) in [5.74, 6) is 0.0562. The van der Waals surface area contributed by atoms with Crippen LogP contribution in [-0.2, 0) is 4.79 Å². The Balaban J connectivity index is 2.02. The molecule has 0 aromatic heterocycles. The number of para-hydroxylation sites is 1. The third-order valence-electron chi connectivity index (χ3n) is 3.63. The highest BCUT2D eigenvalue weighted by atomic mass is 32.1. The average Bonchev–Trinajstić information content (AvgIpc) is 2.75. The van der Waals surface area contributed by atoms with Crippen molar-refractivity contribution in [1.82, 2.24) is 9.80 Å². The monoisotopic (exact) mass is 291 g/mol. The van der Waals surface area contributed by atoms with E-state index < -0.39 is 0 Å². The predicted molar refractivity (Wildman–Crippen MR) is 85.9 cm³/mol. The Morgan fingerprint density at radius 3 is 2.45 bits per heavy atom. The van der Waals surface area contributed by atoms with Gasteiger partial charge in [0.25, 0.3) is 5.91 Å². The number of carbonyl (C=O) groups is 1. The first-order chi connectivity index (χ1) is 9.67. The van der Waals surface area contributed by atoms with Crippen molar-refractivity contribution in [3.8, 4) is 0 Å². The largest absolute Gasteiger partial charge is 0.338 e. The highest BCUT2D eigenvalue weighted by molar-refractivity contribution is 7.80. The van der Waals surface area contributed by atoms with Crippen molar-refractivity contribution >= 4 is 28.9 Å². The van der Waals surface area contributed by atoms with Gasteiger partial charge in [-0.1, -0.05) is 32.0 Å². The summed E-state index contributed by atoms with van der Waals surface area (Å²) in [6, 6.07) is 9.61. The number of anilines is 1. The molecule has 1 aromatic carbocycles. The lowest BCUT2D eigenvalue weighted by Crippen LogP contribution is -2.38. The Labute approximate surface area is 126 Å². The summed E-state index contributed by atoms with van der Waals surface area (Å²) in [6.07, 6.45) is 0. The minimum atomic E-state index is 0.0562. The van der Waals surface area contributed by atoms with Gasteiger partial charge in [-0.2, -0.15) is 0 Å². The van der Waals surface area contributed by atoms with E-state index in [1.807, 2.05) is 35.2 Å². The fourth-order valence-corrected chi connectivity index (χ4v) is 2.72. The molecule has 5 heteroatoms. The van der Waals surface area contributed by atoms with Crippen molar-refractivity contribution in [1.29, 1.82) is 0 Å².